The van der Waals surface area contributed by atoms with E-state index in [1.807, 2.05) is 0 Å². The molecule has 6 heteroatoms. The quantitative estimate of drug-likeness (QED) is 0.518. The van der Waals surface area contributed by atoms with Gasteiger partial charge in [-0.15, -0.1) is 0 Å². The minimum Gasteiger partial charge on any atom is -0.508 e. The van der Waals surface area contributed by atoms with E-state index < -0.39 is 10.1 Å². The van der Waals surface area contributed by atoms with Gasteiger partial charge < -0.3 is 5.11 Å². The Labute approximate surface area is 113 Å². The zero-order valence-electron chi connectivity index (χ0n) is 6.43. The van der Waals surface area contributed by atoms with Crippen LogP contribution >= 0.6 is 0 Å². The van der Waals surface area contributed by atoms with Gasteiger partial charge in [-0.05, 0) is 12.1 Å². The van der Waals surface area contributed by atoms with Crippen molar-refractivity contribution in [2.24, 2.45) is 0 Å². The molecule has 61 valence electrons. The largest absolute Gasteiger partial charge is 0.508 e. The topological polar surface area (TPSA) is 74.6 Å². The van der Waals surface area contributed by atoms with Crippen molar-refractivity contribution in [1.82, 2.24) is 0 Å². The van der Waals surface area contributed by atoms with Crippen molar-refractivity contribution >= 4 is 61.5 Å². The molecule has 1 aromatic rings. The van der Waals surface area contributed by atoms with Gasteiger partial charge in [-0.3, -0.25) is 4.55 Å². The number of hydrogen-bond acceptors (Lipinski definition) is 3. The molecule has 0 spiro atoms. The van der Waals surface area contributed by atoms with E-state index in [1.54, 1.807) is 0 Å². The summed E-state index contributed by atoms with van der Waals surface area (Å²) in [7, 11) is -4.19. The minimum absolute atomic E-state index is 0. The van der Waals surface area contributed by atoms with E-state index in [9.17, 15) is 8.42 Å². The summed E-state index contributed by atoms with van der Waals surface area (Å²) in [6.07, 6.45) is 0. The second-order valence-electron chi connectivity index (χ2n) is 1.97. The van der Waals surface area contributed by atoms with Gasteiger partial charge in [0.2, 0.25) is 0 Å². The summed E-state index contributed by atoms with van der Waals surface area (Å²) in [4.78, 5) is -0.308. The van der Waals surface area contributed by atoms with Gasteiger partial charge in [0.25, 0.3) is 10.1 Å². The molecular weight excluding hydrogens is 207 g/mol. The molecule has 12 heavy (non-hydrogen) atoms. The monoisotopic (exact) mass is 213 g/mol. The Morgan fingerprint density at radius 1 is 1.25 bits per heavy atom. The molecule has 0 saturated heterocycles. The first kappa shape index (κ1) is 12.6. The average molecular weight is 213 g/mol. The molecule has 0 aliphatic heterocycles. The van der Waals surface area contributed by atoms with Crippen molar-refractivity contribution in [3.8, 4) is 5.75 Å². The summed E-state index contributed by atoms with van der Waals surface area (Å²) >= 11 is 0. The summed E-state index contributed by atoms with van der Waals surface area (Å²) in [5.41, 5.74) is 0. The van der Waals surface area contributed by atoms with Crippen LogP contribution in [0.1, 0.15) is 0 Å². The fourth-order valence-electron chi connectivity index (χ4n) is 0.644. The van der Waals surface area contributed by atoms with Crippen LogP contribution in [0.3, 0.4) is 0 Å². The van der Waals surface area contributed by atoms with Crippen molar-refractivity contribution in [2.45, 2.75) is 4.90 Å². The molecule has 0 saturated carbocycles. The van der Waals surface area contributed by atoms with Gasteiger partial charge in [-0.25, -0.2) is 0 Å². The van der Waals surface area contributed by atoms with Crippen LogP contribution in [0.4, 0.5) is 0 Å². The van der Waals surface area contributed by atoms with Gasteiger partial charge in [0.05, 0.1) is 4.90 Å². The standard InChI is InChI=1S/C6H6O4S.K/c7-5-2-1-3-6(4-5)11(8,9)10;/h1-4,7H,(H,8,9,10);. The van der Waals surface area contributed by atoms with E-state index in [2.05, 4.69) is 0 Å². The Morgan fingerprint density at radius 3 is 2.17 bits per heavy atom. The van der Waals surface area contributed by atoms with E-state index in [1.165, 1.54) is 18.2 Å². The third-order valence-corrected chi connectivity index (χ3v) is 1.97. The van der Waals surface area contributed by atoms with E-state index in [0.717, 1.165) is 6.07 Å². The summed E-state index contributed by atoms with van der Waals surface area (Å²) in [6, 6.07) is 4.80. The van der Waals surface area contributed by atoms with Gasteiger partial charge >= 0.3 is 0 Å². The smallest absolute Gasteiger partial charge is 0.294 e. The number of phenols is 1. The predicted octanol–water partition coefficient (Wildman–Crippen LogP) is 0.258. The molecule has 0 amide bonds. The Hall–Kier alpha value is 0.566. The normalized spacial score (nSPS) is 10.4. The van der Waals surface area contributed by atoms with Crippen LogP contribution in [-0.4, -0.2) is 69.5 Å². The summed E-state index contributed by atoms with van der Waals surface area (Å²) in [5, 5.41) is 8.80. The maximum absolute atomic E-state index is 10.4. The van der Waals surface area contributed by atoms with Crippen LogP contribution in [0.25, 0.3) is 0 Å². The Bertz CT molecular complexity index is 360. The summed E-state index contributed by atoms with van der Waals surface area (Å²) < 4.78 is 29.3. The molecule has 0 unspecified atom stereocenters. The Morgan fingerprint density at radius 2 is 1.83 bits per heavy atom. The van der Waals surface area contributed by atoms with Crippen molar-refractivity contribution in [1.29, 1.82) is 0 Å². The molecular formula is C6H6KO4S. The zero-order chi connectivity index (χ0) is 8.48. The Kier molecular flexibility index (Phi) is 4.93. The number of phenolic OH excluding ortho intramolecular Hbond substituents is 1. The average Bonchev–Trinajstić information content (AvgIpc) is 1.86. The third kappa shape index (κ3) is 3.52. The fourth-order valence-corrected chi connectivity index (χ4v) is 1.16. The van der Waals surface area contributed by atoms with E-state index in [-0.39, 0.29) is 62.0 Å². The molecule has 0 atom stereocenters. The van der Waals surface area contributed by atoms with Crippen molar-refractivity contribution in [3.63, 3.8) is 0 Å². The van der Waals surface area contributed by atoms with Crippen molar-refractivity contribution in [3.05, 3.63) is 24.3 Å². The molecule has 1 radical (unpaired) electrons. The third-order valence-electron chi connectivity index (χ3n) is 1.12. The zero-order valence-corrected chi connectivity index (χ0v) is 10.4. The van der Waals surface area contributed by atoms with Crippen molar-refractivity contribution in [2.75, 3.05) is 0 Å². The van der Waals surface area contributed by atoms with Crippen molar-refractivity contribution < 1.29 is 18.1 Å². The van der Waals surface area contributed by atoms with E-state index in [0.29, 0.717) is 0 Å². The maximum Gasteiger partial charge on any atom is 0.294 e. The second-order valence-corrected chi connectivity index (χ2v) is 3.39. The van der Waals surface area contributed by atoms with Crippen LogP contribution in [0.15, 0.2) is 29.2 Å². The second kappa shape index (κ2) is 4.71. The first-order chi connectivity index (χ1) is 5.00. The van der Waals surface area contributed by atoms with Crippen LogP contribution < -0.4 is 0 Å². The van der Waals surface area contributed by atoms with Crippen LogP contribution in [-0.2, 0) is 10.1 Å². The maximum atomic E-state index is 10.4. The summed E-state index contributed by atoms with van der Waals surface area (Å²) in [5.74, 6) is -0.194. The summed E-state index contributed by atoms with van der Waals surface area (Å²) in [6.45, 7) is 0. The molecule has 4 nitrogen and oxygen atoms in total. The molecule has 2 N–H and O–H groups in total. The molecule has 0 heterocycles. The number of aromatic hydroxyl groups is 1. The van der Waals surface area contributed by atoms with Crippen LogP contribution in [0, 0.1) is 0 Å². The molecule has 0 aliphatic rings. The first-order valence-corrected chi connectivity index (χ1v) is 4.21. The molecule has 0 aliphatic carbocycles. The number of hydrogen-bond donors (Lipinski definition) is 2. The number of benzene rings is 1. The van der Waals surface area contributed by atoms with Gasteiger partial charge in [-0.1, -0.05) is 6.07 Å². The number of rotatable bonds is 1. The van der Waals surface area contributed by atoms with E-state index in [4.69, 9.17) is 9.66 Å². The minimum atomic E-state index is -4.19. The molecule has 0 bridgehead atoms. The molecule has 0 fully saturated rings. The first-order valence-electron chi connectivity index (χ1n) is 2.77. The molecule has 1 aromatic carbocycles. The van der Waals surface area contributed by atoms with Gasteiger partial charge in [0.1, 0.15) is 5.75 Å². The fraction of sp³-hybridized carbons (Fsp3) is 0. The molecule has 1 rings (SSSR count). The molecule has 0 aromatic heterocycles. The van der Waals surface area contributed by atoms with Gasteiger partial charge in [-0.2, -0.15) is 8.42 Å². The van der Waals surface area contributed by atoms with Gasteiger partial charge in [0.15, 0.2) is 0 Å². The predicted molar refractivity (Wildman–Crippen MR) is 43.7 cm³/mol. The van der Waals surface area contributed by atoms with E-state index >= 15 is 0 Å². The van der Waals surface area contributed by atoms with Crippen LogP contribution in [0.2, 0.25) is 0 Å². The van der Waals surface area contributed by atoms with Crippen LogP contribution in [0.5, 0.6) is 5.75 Å². The SMILES string of the molecule is O=S(=O)(O)c1cccc(O)c1.[K]. The van der Waals surface area contributed by atoms with Gasteiger partial charge in [0, 0.05) is 57.5 Å². The Balaban J connectivity index is 0.00000121.